The van der Waals surface area contributed by atoms with Gasteiger partial charge in [0.15, 0.2) is 0 Å². The Kier molecular flexibility index (Phi) is 56.0. The van der Waals surface area contributed by atoms with E-state index in [1.807, 2.05) is 34.6 Å². The van der Waals surface area contributed by atoms with Gasteiger partial charge in [-0.05, 0) is 33.1 Å². The molecular weight excluding hydrogens is 280 g/mol. The van der Waals surface area contributed by atoms with Crippen molar-refractivity contribution < 1.29 is 4.74 Å². The fourth-order valence-corrected chi connectivity index (χ4v) is 1.30. The van der Waals surface area contributed by atoms with Crippen LogP contribution in [0.2, 0.25) is 0 Å². The second kappa shape index (κ2) is 37.7. The van der Waals surface area contributed by atoms with E-state index in [0.717, 1.165) is 19.4 Å². The Labute approximate surface area is 151 Å². The van der Waals surface area contributed by atoms with Gasteiger partial charge in [0.2, 0.25) is 0 Å². The molecule has 0 atom stereocenters. The van der Waals surface area contributed by atoms with E-state index >= 15 is 0 Å². The topological polar surface area (TPSA) is 9.23 Å². The minimum absolute atomic E-state index is 0.131. The van der Waals surface area contributed by atoms with Crippen molar-refractivity contribution in [2.24, 2.45) is 0 Å². The maximum atomic E-state index is 5.87. The molecule has 0 aromatic heterocycles. The lowest BCUT2D eigenvalue weighted by Crippen LogP contribution is -2.27. The summed E-state index contributed by atoms with van der Waals surface area (Å²) in [5.41, 5.74) is 0.131. The molecule has 0 amide bonds. The maximum Gasteiger partial charge on any atom is 0.0649 e. The van der Waals surface area contributed by atoms with Crippen LogP contribution in [-0.2, 0) is 4.74 Å². The fraction of sp³-hybridized carbons (Fsp3) is 0.909. The van der Waals surface area contributed by atoms with Crippen molar-refractivity contribution in [3.05, 3.63) is 12.7 Å². The summed E-state index contributed by atoms with van der Waals surface area (Å²) in [6, 6.07) is 0. The number of hydrogen-bond donors (Lipinski definition) is 0. The maximum absolute atomic E-state index is 5.87. The first-order valence-corrected chi connectivity index (χ1v) is 10.2. The highest BCUT2D eigenvalue weighted by molar-refractivity contribution is 4.70. The molecule has 0 aliphatic carbocycles. The number of hydrogen-bond acceptors (Lipinski definition) is 1. The number of ether oxygens (including phenoxy) is 1. The van der Waals surface area contributed by atoms with Crippen molar-refractivity contribution in [1.82, 2.24) is 0 Å². The normalized spacial score (nSPS) is 8.65. The van der Waals surface area contributed by atoms with E-state index < -0.39 is 0 Å². The van der Waals surface area contributed by atoms with E-state index in [2.05, 4.69) is 48.1 Å². The third-order valence-corrected chi connectivity index (χ3v) is 2.94. The summed E-state index contributed by atoms with van der Waals surface area (Å²) in [6.07, 6.45) is 10.4. The van der Waals surface area contributed by atoms with Gasteiger partial charge in [0.25, 0.3) is 0 Å². The van der Waals surface area contributed by atoms with Gasteiger partial charge in [-0.15, -0.1) is 6.58 Å². The first kappa shape index (κ1) is 34.1. The van der Waals surface area contributed by atoms with Crippen molar-refractivity contribution in [2.75, 3.05) is 6.61 Å². The zero-order valence-electron chi connectivity index (χ0n) is 18.8. The van der Waals surface area contributed by atoms with Gasteiger partial charge in [-0.3, -0.25) is 0 Å². The molecule has 0 bridgehead atoms. The second-order valence-corrected chi connectivity index (χ2v) is 5.18. The Hall–Kier alpha value is -0.300. The smallest absolute Gasteiger partial charge is 0.0649 e. The molecule has 0 saturated carbocycles. The molecule has 0 saturated heterocycles. The van der Waals surface area contributed by atoms with E-state index in [0.29, 0.717) is 0 Å². The Morgan fingerprint density at radius 3 is 1.43 bits per heavy atom. The molecule has 0 aromatic rings. The molecule has 0 aliphatic rings. The third kappa shape index (κ3) is 44.9. The zero-order valence-corrected chi connectivity index (χ0v) is 18.8. The largest absolute Gasteiger partial charge is 0.375 e. The van der Waals surface area contributed by atoms with E-state index in [1.165, 1.54) is 32.1 Å². The highest BCUT2D eigenvalue weighted by atomic mass is 16.5. The van der Waals surface area contributed by atoms with Gasteiger partial charge < -0.3 is 4.74 Å². The Morgan fingerprint density at radius 2 is 1.17 bits per heavy atom. The molecule has 0 spiro atoms. The minimum Gasteiger partial charge on any atom is -0.375 e. The summed E-state index contributed by atoms with van der Waals surface area (Å²) in [7, 11) is 0. The molecule has 23 heavy (non-hydrogen) atoms. The molecule has 0 aromatic carbocycles. The molecule has 1 heteroatoms. The molecule has 0 unspecified atom stereocenters. The zero-order chi connectivity index (χ0) is 19.6. The molecule has 0 rings (SSSR count). The van der Waals surface area contributed by atoms with E-state index in [4.69, 9.17) is 4.74 Å². The summed E-state index contributed by atoms with van der Waals surface area (Å²) in [5.74, 6) is 0. The summed E-state index contributed by atoms with van der Waals surface area (Å²) >= 11 is 0. The van der Waals surface area contributed by atoms with Crippen LogP contribution in [0.15, 0.2) is 12.7 Å². The summed E-state index contributed by atoms with van der Waals surface area (Å²) in [6.45, 7) is 27.3. The average Bonchev–Trinajstić information content (AvgIpc) is 2.59. The quantitative estimate of drug-likeness (QED) is 0.318. The standard InChI is InChI=1S/C12H26O.C3H8.C3H6.2C2H6/c1-5-8-9-10-11-13-12(4,6-2)7-3;2*1-3-2;2*1-2/h5-11H2,1-4H3;3H2,1-2H3;3H,1H2,2H3;2*1-2H3. The van der Waals surface area contributed by atoms with Crippen LogP contribution >= 0.6 is 0 Å². The molecule has 0 N–H and O–H groups in total. The molecule has 0 fully saturated rings. The van der Waals surface area contributed by atoms with Gasteiger partial charge in [-0.1, -0.05) is 94.1 Å². The van der Waals surface area contributed by atoms with Gasteiger partial charge in [-0.25, -0.2) is 0 Å². The Morgan fingerprint density at radius 1 is 0.826 bits per heavy atom. The van der Waals surface area contributed by atoms with Gasteiger partial charge in [0.1, 0.15) is 0 Å². The second-order valence-electron chi connectivity index (χ2n) is 5.18. The van der Waals surface area contributed by atoms with Gasteiger partial charge in [-0.2, -0.15) is 0 Å². The fourth-order valence-electron chi connectivity index (χ4n) is 1.30. The van der Waals surface area contributed by atoms with Crippen LogP contribution in [-0.4, -0.2) is 12.2 Å². The molecule has 1 nitrogen and oxygen atoms in total. The first-order chi connectivity index (χ1) is 11.0. The van der Waals surface area contributed by atoms with Crippen LogP contribution in [0.3, 0.4) is 0 Å². The Bertz CT molecular complexity index is 148. The van der Waals surface area contributed by atoms with Crippen LogP contribution in [0.5, 0.6) is 0 Å². The number of unbranched alkanes of at least 4 members (excludes halogenated alkanes) is 3. The monoisotopic (exact) mass is 332 g/mol. The van der Waals surface area contributed by atoms with E-state index in [-0.39, 0.29) is 5.60 Å². The highest BCUT2D eigenvalue weighted by Crippen LogP contribution is 2.19. The van der Waals surface area contributed by atoms with Crippen LogP contribution in [0, 0.1) is 0 Å². The molecule has 0 aliphatic heterocycles. The summed E-state index contributed by atoms with van der Waals surface area (Å²) < 4.78 is 5.87. The van der Waals surface area contributed by atoms with Gasteiger partial charge in [0.05, 0.1) is 5.60 Å². The van der Waals surface area contributed by atoms with Gasteiger partial charge in [0, 0.05) is 6.61 Å². The SMILES string of the molecule is C=CC.CC.CC.CCC.CCCCCCOC(C)(CC)CC. The molecule has 0 radical (unpaired) electrons. The third-order valence-electron chi connectivity index (χ3n) is 2.94. The molecular formula is C22H52O. The van der Waals surface area contributed by atoms with E-state index in [9.17, 15) is 0 Å². The number of allylic oxidation sites excluding steroid dienone is 1. The number of rotatable bonds is 8. The molecule has 146 valence electrons. The van der Waals surface area contributed by atoms with Crippen molar-refractivity contribution in [3.63, 3.8) is 0 Å². The summed E-state index contributed by atoms with van der Waals surface area (Å²) in [4.78, 5) is 0. The van der Waals surface area contributed by atoms with Crippen molar-refractivity contribution >= 4 is 0 Å². The van der Waals surface area contributed by atoms with Crippen molar-refractivity contribution in [1.29, 1.82) is 0 Å². The van der Waals surface area contributed by atoms with Crippen molar-refractivity contribution in [3.8, 4) is 0 Å². The Balaban J connectivity index is -0.0000000897. The van der Waals surface area contributed by atoms with Crippen LogP contribution < -0.4 is 0 Å². The predicted octanol–water partition coefficient (Wildman–Crippen LogP) is 8.82. The minimum atomic E-state index is 0.131. The van der Waals surface area contributed by atoms with Crippen molar-refractivity contribution in [2.45, 2.75) is 127 Å². The molecule has 0 heterocycles. The first-order valence-electron chi connectivity index (χ1n) is 10.2. The lowest BCUT2D eigenvalue weighted by atomic mass is 10.0. The van der Waals surface area contributed by atoms with E-state index in [1.54, 1.807) is 6.08 Å². The van der Waals surface area contributed by atoms with Crippen LogP contribution in [0.4, 0.5) is 0 Å². The van der Waals surface area contributed by atoms with Gasteiger partial charge >= 0.3 is 0 Å². The lowest BCUT2D eigenvalue weighted by Gasteiger charge is -2.27. The van der Waals surface area contributed by atoms with Crippen LogP contribution in [0.1, 0.15) is 121 Å². The highest BCUT2D eigenvalue weighted by Gasteiger charge is 2.19. The lowest BCUT2D eigenvalue weighted by molar-refractivity contribution is -0.0385. The predicted molar refractivity (Wildman–Crippen MR) is 114 cm³/mol. The summed E-state index contributed by atoms with van der Waals surface area (Å²) in [5, 5.41) is 0. The van der Waals surface area contributed by atoms with Crippen LogP contribution in [0.25, 0.3) is 0 Å². The average molecular weight is 333 g/mol.